The van der Waals surface area contributed by atoms with E-state index in [2.05, 4.69) is 20.6 Å². The number of pyridine rings is 1. The van der Waals surface area contributed by atoms with Crippen LogP contribution in [0.25, 0.3) is 0 Å². The van der Waals surface area contributed by atoms with E-state index in [9.17, 15) is 4.79 Å². The number of hydrogen-bond donors (Lipinski definition) is 2. The number of thiophene rings is 1. The van der Waals surface area contributed by atoms with Gasteiger partial charge in [0.05, 0.1) is 18.7 Å². The maximum atomic E-state index is 11.9. The van der Waals surface area contributed by atoms with Gasteiger partial charge >= 0.3 is 0 Å². The smallest absolute Gasteiger partial charge is 0.226 e. The van der Waals surface area contributed by atoms with Crippen molar-refractivity contribution in [1.29, 1.82) is 0 Å². The number of nitrogens with zero attached hydrogens (tertiary/aromatic N) is 2. The molecule has 0 aliphatic carbocycles. The van der Waals surface area contributed by atoms with E-state index in [4.69, 9.17) is 0 Å². The largest absolute Gasteiger partial charge is 0.351 e. The summed E-state index contributed by atoms with van der Waals surface area (Å²) in [5, 5.41) is 10.7. The van der Waals surface area contributed by atoms with E-state index >= 15 is 0 Å². The van der Waals surface area contributed by atoms with Gasteiger partial charge in [-0.2, -0.15) is 0 Å². The van der Waals surface area contributed by atoms with E-state index in [1.165, 1.54) is 11.3 Å². The molecule has 1 amide bonds. The first-order valence-corrected chi connectivity index (χ1v) is 8.88. The Bertz CT molecular complexity index is 783. The average molecular weight is 344 g/mol. The molecule has 5 nitrogen and oxygen atoms in total. The van der Waals surface area contributed by atoms with Gasteiger partial charge in [-0.05, 0) is 36.1 Å². The summed E-state index contributed by atoms with van der Waals surface area (Å²) in [6.45, 7) is 2.58. The lowest BCUT2D eigenvalue weighted by Gasteiger charge is -2.02. The maximum Gasteiger partial charge on any atom is 0.226 e. The standard InChI is InChI=1S/C16H16N4OS2/c1-11-4-5-17-14(7-11)20-16-19-12(10-23-16)8-15(21)18-9-13-3-2-6-22-13/h2-7,10H,8-9H2,1H3,(H,18,21)(H,17,19,20). The highest BCUT2D eigenvalue weighted by Crippen LogP contribution is 2.20. The molecule has 0 saturated heterocycles. The summed E-state index contributed by atoms with van der Waals surface area (Å²) in [7, 11) is 0. The Hall–Kier alpha value is -2.25. The Morgan fingerprint density at radius 1 is 1.30 bits per heavy atom. The number of thiazole rings is 1. The van der Waals surface area contributed by atoms with Gasteiger partial charge in [-0.15, -0.1) is 22.7 Å². The van der Waals surface area contributed by atoms with Gasteiger partial charge < -0.3 is 10.6 Å². The summed E-state index contributed by atoms with van der Waals surface area (Å²) in [5.41, 5.74) is 1.89. The van der Waals surface area contributed by atoms with Crippen LogP contribution in [0.2, 0.25) is 0 Å². The highest BCUT2D eigenvalue weighted by molar-refractivity contribution is 7.13. The van der Waals surface area contributed by atoms with E-state index < -0.39 is 0 Å². The van der Waals surface area contributed by atoms with Crippen LogP contribution in [-0.2, 0) is 17.8 Å². The predicted molar refractivity (Wildman–Crippen MR) is 94.2 cm³/mol. The molecule has 3 aromatic rings. The van der Waals surface area contributed by atoms with Gasteiger partial charge in [0.25, 0.3) is 0 Å². The van der Waals surface area contributed by atoms with Crippen molar-refractivity contribution >= 4 is 39.5 Å². The van der Waals surface area contributed by atoms with Crippen molar-refractivity contribution in [3.05, 3.63) is 57.4 Å². The van der Waals surface area contributed by atoms with Crippen molar-refractivity contribution in [3.8, 4) is 0 Å². The number of carbonyl (C=O) groups is 1. The number of aryl methyl sites for hydroxylation is 1. The third-order valence-electron chi connectivity index (χ3n) is 3.08. The fraction of sp³-hybridized carbons (Fsp3) is 0.188. The number of carbonyl (C=O) groups excluding carboxylic acids is 1. The molecule has 0 aliphatic heterocycles. The second-order valence-corrected chi connectivity index (χ2v) is 6.91. The molecular formula is C16H16N4OS2. The van der Waals surface area contributed by atoms with Gasteiger partial charge in [0.2, 0.25) is 5.91 Å². The molecule has 0 fully saturated rings. The zero-order valence-corrected chi connectivity index (χ0v) is 14.2. The van der Waals surface area contributed by atoms with Crippen LogP contribution >= 0.6 is 22.7 Å². The first-order chi connectivity index (χ1) is 11.2. The summed E-state index contributed by atoms with van der Waals surface area (Å²) < 4.78 is 0. The highest BCUT2D eigenvalue weighted by Gasteiger charge is 2.08. The second kappa shape index (κ2) is 7.34. The lowest BCUT2D eigenvalue weighted by molar-refractivity contribution is -0.120. The van der Waals surface area contributed by atoms with E-state index in [1.807, 2.05) is 41.9 Å². The van der Waals surface area contributed by atoms with Crippen molar-refractivity contribution in [2.45, 2.75) is 19.9 Å². The number of nitrogens with one attached hydrogen (secondary N) is 2. The summed E-state index contributed by atoms with van der Waals surface area (Å²) in [4.78, 5) is 21.8. The number of anilines is 2. The molecule has 0 aromatic carbocycles. The predicted octanol–water partition coefficient (Wildman–Crippen LogP) is 3.51. The van der Waals surface area contributed by atoms with Gasteiger partial charge in [0.15, 0.2) is 5.13 Å². The molecule has 0 radical (unpaired) electrons. The van der Waals surface area contributed by atoms with Crippen LogP contribution in [0.1, 0.15) is 16.1 Å². The molecule has 7 heteroatoms. The van der Waals surface area contributed by atoms with E-state index in [1.54, 1.807) is 17.5 Å². The fourth-order valence-corrected chi connectivity index (χ4v) is 3.35. The molecule has 3 heterocycles. The van der Waals surface area contributed by atoms with Crippen LogP contribution in [0.3, 0.4) is 0 Å². The number of aromatic nitrogens is 2. The summed E-state index contributed by atoms with van der Waals surface area (Å²) in [6, 6.07) is 7.87. The first-order valence-electron chi connectivity index (χ1n) is 7.12. The first kappa shape index (κ1) is 15.6. The van der Waals surface area contributed by atoms with Crippen LogP contribution in [0.15, 0.2) is 41.2 Å². The summed E-state index contributed by atoms with van der Waals surface area (Å²) in [6.07, 6.45) is 2.04. The molecule has 0 saturated carbocycles. The molecule has 0 spiro atoms. The van der Waals surface area contributed by atoms with Gasteiger partial charge in [-0.25, -0.2) is 9.97 Å². The highest BCUT2D eigenvalue weighted by atomic mass is 32.1. The van der Waals surface area contributed by atoms with Crippen molar-refractivity contribution in [2.24, 2.45) is 0 Å². The van der Waals surface area contributed by atoms with Crippen LogP contribution in [0.5, 0.6) is 0 Å². The monoisotopic (exact) mass is 344 g/mol. The molecule has 0 unspecified atom stereocenters. The number of hydrogen-bond acceptors (Lipinski definition) is 6. The normalized spacial score (nSPS) is 10.5. The zero-order chi connectivity index (χ0) is 16.1. The SMILES string of the molecule is Cc1ccnc(Nc2nc(CC(=O)NCc3cccs3)cs2)c1. The summed E-state index contributed by atoms with van der Waals surface area (Å²) in [5.74, 6) is 0.733. The zero-order valence-electron chi connectivity index (χ0n) is 12.6. The Labute approximate surface area is 142 Å². The Kier molecular flexibility index (Phi) is 4.99. The average Bonchev–Trinajstić information content (AvgIpc) is 3.17. The van der Waals surface area contributed by atoms with E-state index in [0.717, 1.165) is 27.1 Å². The lowest BCUT2D eigenvalue weighted by Crippen LogP contribution is -2.24. The van der Waals surface area contributed by atoms with Crippen molar-refractivity contribution in [2.75, 3.05) is 5.32 Å². The van der Waals surface area contributed by atoms with E-state index in [-0.39, 0.29) is 12.3 Å². The molecular weight excluding hydrogens is 328 g/mol. The topological polar surface area (TPSA) is 66.9 Å². The van der Waals surface area contributed by atoms with Gasteiger partial charge in [0.1, 0.15) is 5.82 Å². The van der Waals surface area contributed by atoms with Crippen molar-refractivity contribution in [3.63, 3.8) is 0 Å². The van der Waals surface area contributed by atoms with Crippen LogP contribution in [0, 0.1) is 6.92 Å². The molecule has 23 heavy (non-hydrogen) atoms. The minimum absolute atomic E-state index is 0.0241. The minimum atomic E-state index is -0.0241. The minimum Gasteiger partial charge on any atom is -0.351 e. The Morgan fingerprint density at radius 2 is 2.22 bits per heavy atom. The van der Waals surface area contributed by atoms with Gasteiger partial charge in [0, 0.05) is 16.5 Å². The van der Waals surface area contributed by atoms with Gasteiger partial charge in [-0.3, -0.25) is 4.79 Å². The Morgan fingerprint density at radius 3 is 3.00 bits per heavy atom. The van der Waals surface area contributed by atoms with Crippen LogP contribution < -0.4 is 10.6 Å². The van der Waals surface area contributed by atoms with Crippen LogP contribution in [-0.4, -0.2) is 15.9 Å². The molecule has 2 N–H and O–H groups in total. The Balaban J connectivity index is 1.53. The molecule has 0 aliphatic rings. The molecule has 0 atom stereocenters. The summed E-state index contributed by atoms with van der Waals surface area (Å²) >= 11 is 3.10. The molecule has 3 rings (SSSR count). The maximum absolute atomic E-state index is 11.9. The molecule has 118 valence electrons. The fourth-order valence-electron chi connectivity index (χ4n) is 1.99. The molecule has 3 aromatic heterocycles. The quantitative estimate of drug-likeness (QED) is 0.718. The number of amides is 1. The third kappa shape index (κ3) is 4.61. The van der Waals surface area contributed by atoms with Crippen molar-refractivity contribution < 1.29 is 4.79 Å². The second-order valence-electron chi connectivity index (χ2n) is 5.02. The van der Waals surface area contributed by atoms with Crippen LogP contribution in [0.4, 0.5) is 10.9 Å². The number of rotatable bonds is 6. The molecule has 0 bridgehead atoms. The van der Waals surface area contributed by atoms with Gasteiger partial charge in [-0.1, -0.05) is 6.07 Å². The van der Waals surface area contributed by atoms with Crippen molar-refractivity contribution in [1.82, 2.24) is 15.3 Å². The third-order valence-corrected chi connectivity index (χ3v) is 4.77. The van der Waals surface area contributed by atoms with E-state index in [0.29, 0.717) is 6.54 Å². The lowest BCUT2D eigenvalue weighted by atomic mass is 10.3.